The number of anilines is 1. The molecule has 1 aliphatic carbocycles. The Hall–Kier alpha value is -2.12. The van der Waals surface area contributed by atoms with Gasteiger partial charge in [0.15, 0.2) is 5.13 Å². The van der Waals surface area contributed by atoms with Crippen LogP contribution in [0.1, 0.15) is 36.0 Å². The summed E-state index contributed by atoms with van der Waals surface area (Å²) in [7, 11) is 0. The van der Waals surface area contributed by atoms with E-state index < -0.39 is 5.60 Å². The van der Waals surface area contributed by atoms with Crippen molar-refractivity contribution >= 4 is 39.9 Å². The highest BCUT2D eigenvalue weighted by molar-refractivity contribution is 7.13. The van der Waals surface area contributed by atoms with Gasteiger partial charge in [0, 0.05) is 22.5 Å². The number of carbonyl (C=O) groups excluding carboxylic acids is 2. The maximum atomic E-state index is 12.4. The van der Waals surface area contributed by atoms with Crippen molar-refractivity contribution in [2.75, 3.05) is 11.9 Å². The van der Waals surface area contributed by atoms with Crippen LogP contribution in [0.25, 0.3) is 0 Å². The summed E-state index contributed by atoms with van der Waals surface area (Å²) in [5.74, 6) is 0.300. The van der Waals surface area contributed by atoms with Crippen LogP contribution in [0.5, 0.6) is 5.75 Å². The van der Waals surface area contributed by atoms with Crippen molar-refractivity contribution < 1.29 is 14.3 Å². The van der Waals surface area contributed by atoms with Gasteiger partial charge in [-0.1, -0.05) is 11.6 Å². The molecule has 1 spiro atoms. The van der Waals surface area contributed by atoms with Crippen LogP contribution < -0.4 is 15.4 Å². The maximum Gasteiger partial charge on any atom is 0.255 e. The number of ether oxygens (including phenoxy) is 1. The van der Waals surface area contributed by atoms with Gasteiger partial charge in [-0.3, -0.25) is 9.59 Å². The fourth-order valence-electron chi connectivity index (χ4n) is 3.55. The normalized spacial score (nSPS) is 25.0. The summed E-state index contributed by atoms with van der Waals surface area (Å²) in [6.45, 7) is 0.430. The van der Waals surface area contributed by atoms with Gasteiger partial charge >= 0.3 is 0 Å². The summed E-state index contributed by atoms with van der Waals surface area (Å²) in [4.78, 5) is 28.8. The molecule has 0 radical (unpaired) electrons. The molecule has 0 bridgehead atoms. The lowest BCUT2D eigenvalue weighted by atomic mass is 9.78. The fraction of sp³-hybridized carbons (Fsp3) is 0.389. The number of rotatable bonds is 2. The van der Waals surface area contributed by atoms with E-state index in [1.54, 1.807) is 24.4 Å². The first kappa shape index (κ1) is 17.3. The van der Waals surface area contributed by atoms with Crippen LogP contribution in [-0.2, 0) is 4.79 Å². The van der Waals surface area contributed by atoms with Crippen LogP contribution in [0.3, 0.4) is 0 Å². The zero-order valence-corrected chi connectivity index (χ0v) is 15.5. The Balaban J connectivity index is 1.45. The Morgan fingerprint density at radius 1 is 1.38 bits per heavy atom. The minimum Gasteiger partial charge on any atom is -0.485 e. The molecule has 1 saturated carbocycles. The zero-order valence-electron chi connectivity index (χ0n) is 14.0. The second kappa shape index (κ2) is 6.89. The zero-order chi connectivity index (χ0) is 18.1. The number of hydrogen-bond donors (Lipinski definition) is 2. The lowest BCUT2D eigenvalue weighted by Crippen LogP contribution is -2.48. The molecule has 1 aromatic carbocycles. The van der Waals surface area contributed by atoms with Gasteiger partial charge in [-0.2, -0.15) is 0 Å². The topological polar surface area (TPSA) is 80.3 Å². The van der Waals surface area contributed by atoms with Crippen molar-refractivity contribution in [3.63, 3.8) is 0 Å². The van der Waals surface area contributed by atoms with E-state index in [2.05, 4.69) is 15.6 Å². The van der Waals surface area contributed by atoms with Crippen LogP contribution >= 0.6 is 22.9 Å². The van der Waals surface area contributed by atoms with Crippen molar-refractivity contribution in [3.05, 3.63) is 40.4 Å². The molecule has 0 atom stereocenters. The SMILES string of the molecule is O=C1NCC2(CCC(C(=O)Nc3nccs3)CC2)Oc2ccc(Cl)cc21. The predicted octanol–water partition coefficient (Wildman–Crippen LogP) is 3.49. The number of thiazole rings is 1. The van der Waals surface area contributed by atoms with E-state index >= 15 is 0 Å². The van der Waals surface area contributed by atoms with E-state index in [0.29, 0.717) is 53.7 Å². The van der Waals surface area contributed by atoms with E-state index in [-0.39, 0.29) is 17.7 Å². The van der Waals surface area contributed by atoms with E-state index in [9.17, 15) is 9.59 Å². The van der Waals surface area contributed by atoms with Crippen molar-refractivity contribution in [1.82, 2.24) is 10.3 Å². The molecular weight excluding hydrogens is 374 g/mol. The van der Waals surface area contributed by atoms with Crippen molar-refractivity contribution in [3.8, 4) is 5.75 Å². The quantitative estimate of drug-likeness (QED) is 0.821. The number of carbonyl (C=O) groups is 2. The van der Waals surface area contributed by atoms with Crippen LogP contribution in [0.2, 0.25) is 5.02 Å². The van der Waals surface area contributed by atoms with Gasteiger partial charge in [-0.25, -0.2) is 4.98 Å². The molecule has 8 heteroatoms. The Kier molecular flexibility index (Phi) is 4.58. The molecule has 2 amide bonds. The van der Waals surface area contributed by atoms with Crippen LogP contribution in [0.4, 0.5) is 5.13 Å². The molecule has 2 heterocycles. The number of nitrogens with zero attached hydrogens (tertiary/aromatic N) is 1. The molecule has 1 aliphatic heterocycles. The van der Waals surface area contributed by atoms with Gasteiger partial charge in [0.25, 0.3) is 5.91 Å². The van der Waals surface area contributed by atoms with Gasteiger partial charge in [-0.05, 0) is 43.9 Å². The Labute approximate surface area is 159 Å². The first-order chi connectivity index (χ1) is 12.5. The number of halogens is 1. The molecule has 6 nitrogen and oxygen atoms in total. The lowest BCUT2D eigenvalue weighted by Gasteiger charge is -2.39. The number of hydrogen-bond acceptors (Lipinski definition) is 5. The lowest BCUT2D eigenvalue weighted by molar-refractivity contribution is -0.122. The molecule has 0 unspecified atom stereocenters. The first-order valence-electron chi connectivity index (χ1n) is 8.52. The summed E-state index contributed by atoms with van der Waals surface area (Å²) < 4.78 is 6.26. The smallest absolute Gasteiger partial charge is 0.255 e. The molecule has 26 heavy (non-hydrogen) atoms. The Morgan fingerprint density at radius 2 is 2.19 bits per heavy atom. The molecular formula is C18H18ClN3O3S. The predicted molar refractivity (Wildman–Crippen MR) is 99.8 cm³/mol. The molecule has 0 saturated heterocycles. The van der Waals surface area contributed by atoms with Crippen LogP contribution in [0, 0.1) is 5.92 Å². The van der Waals surface area contributed by atoms with Crippen molar-refractivity contribution in [2.45, 2.75) is 31.3 Å². The second-order valence-corrected chi connectivity index (χ2v) is 8.04. The Bertz CT molecular complexity index is 832. The van der Waals surface area contributed by atoms with Gasteiger partial charge in [-0.15, -0.1) is 11.3 Å². The third-order valence-electron chi connectivity index (χ3n) is 5.01. The van der Waals surface area contributed by atoms with E-state index in [1.807, 2.05) is 5.38 Å². The van der Waals surface area contributed by atoms with E-state index in [1.165, 1.54) is 11.3 Å². The van der Waals surface area contributed by atoms with Crippen molar-refractivity contribution in [2.24, 2.45) is 5.92 Å². The average molecular weight is 392 g/mol. The van der Waals surface area contributed by atoms with Gasteiger partial charge in [0.2, 0.25) is 5.91 Å². The standard InChI is InChI=1S/C18H18ClN3O3S/c19-12-1-2-14-13(9-12)16(24)21-10-18(25-14)5-3-11(4-6-18)15(23)22-17-20-7-8-26-17/h1-2,7-9,11H,3-6,10H2,(H,21,24)(H,20,22,23). The summed E-state index contributed by atoms with van der Waals surface area (Å²) in [5.41, 5.74) is -0.0230. The fourth-order valence-corrected chi connectivity index (χ4v) is 4.26. The maximum absolute atomic E-state index is 12.4. The molecule has 1 aromatic heterocycles. The number of aromatic nitrogens is 1. The highest BCUT2D eigenvalue weighted by atomic mass is 35.5. The van der Waals surface area contributed by atoms with Gasteiger partial charge < -0.3 is 15.4 Å². The average Bonchev–Trinajstić information content (AvgIpc) is 3.10. The largest absolute Gasteiger partial charge is 0.485 e. The molecule has 136 valence electrons. The number of fused-ring (bicyclic) bond motifs is 1. The monoisotopic (exact) mass is 391 g/mol. The second-order valence-electron chi connectivity index (χ2n) is 6.71. The Morgan fingerprint density at radius 3 is 2.92 bits per heavy atom. The minimum atomic E-state index is -0.479. The molecule has 4 rings (SSSR count). The third kappa shape index (κ3) is 3.41. The molecule has 2 aliphatic rings. The number of benzene rings is 1. The van der Waals surface area contributed by atoms with Crippen molar-refractivity contribution in [1.29, 1.82) is 0 Å². The summed E-state index contributed by atoms with van der Waals surface area (Å²) in [6.07, 6.45) is 4.48. The summed E-state index contributed by atoms with van der Waals surface area (Å²) >= 11 is 7.41. The van der Waals surface area contributed by atoms with Crippen LogP contribution in [0.15, 0.2) is 29.8 Å². The number of nitrogens with one attached hydrogen (secondary N) is 2. The molecule has 2 aromatic rings. The first-order valence-corrected chi connectivity index (χ1v) is 9.78. The molecule has 1 fully saturated rings. The van der Waals surface area contributed by atoms with Gasteiger partial charge in [0.1, 0.15) is 11.4 Å². The summed E-state index contributed by atoms with van der Waals surface area (Å²) in [5, 5.41) is 8.76. The third-order valence-corrected chi connectivity index (χ3v) is 5.94. The highest BCUT2D eigenvalue weighted by Gasteiger charge is 2.42. The van der Waals surface area contributed by atoms with Gasteiger partial charge in [0.05, 0.1) is 12.1 Å². The van der Waals surface area contributed by atoms with E-state index in [0.717, 1.165) is 0 Å². The summed E-state index contributed by atoms with van der Waals surface area (Å²) in [6, 6.07) is 5.09. The molecule has 2 N–H and O–H groups in total. The highest BCUT2D eigenvalue weighted by Crippen LogP contribution is 2.39. The minimum absolute atomic E-state index is 0.000334. The number of amides is 2. The van der Waals surface area contributed by atoms with E-state index in [4.69, 9.17) is 16.3 Å². The van der Waals surface area contributed by atoms with Crippen LogP contribution in [-0.4, -0.2) is 28.9 Å².